The highest BCUT2D eigenvalue weighted by atomic mass is 35.5. The van der Waals surface area contributed by atoms with Gasteiger partial charge in [-0.1, -0.05) is 24.3 Å². The highest BCUT2D eigenvalue weighted by molar-refractivity contribution is 7.90. The van der Waals surface area contributed by atoms with Crippen LogP contribution < -0.4 is 10.6 Å². The van der Waals surface area contributed by atoms with Crippen LogP contribution >= 0.6 is 12.4 Å². The van der Waals surface area contributed by atoms with Crippen LogP contribution in [0.4, 0.5) is 22.0 Å². The van der Waals surface area contributed by atoms with Gasteiger partial charge in [-0.15, -0.1) is 12.4 Å². The van der Waals surface area contributed by atoms with E-state index in [4.69, 9.17) is 0 Å². The summed E-state index contributed by atoms with van der Waals surface area (Å²) in [5, 5.41) is 6.33. The van der Waals surface area contributed by atoms with E-state index in [1.54, 1.807) is 48.9 Å². The average molecular weight is 501 g/mol. The number of hydrogen-bond acceptors (Lipinski definition) is 8. The lowest BCUT2D eigenvalue weighted by Crippen LogP contribution is -2.11. The molecule has 0 aliphatic rings. The number of anilines is 3. The molecular formula is C23H22ClFN6O2S. The van der Waals surface area contributed by atoms with Crippen LogP contribution in [0, 0.1) is 5.82 Å². The van der Waals surface area contributed by atoms with Crippen molar-refractivity contribution in [2.75, 3.05) is 16.9 Å². The molecule has 2 aromatic carbocycles. The first-order chi connectivity index (χ1) is 15.8. The Kier molecular flexibility index (Phi) is 7.75. The van der Waals surface area contributed by atoms with Crippen molar-refractivity contribution in [2.24, 2.45) is 0 Å². The van der Waals surface area contributed by atoms with Crippen LogP contribution in [0.1, 0.15) is 18.5 Å². The Balaban J connectivity index is 0.00000324. The molecule has 0 aliphatic heterocycles. The highest BCUT2D eigenvalue weighted by Crippen LogP contribution is 2.26. The molecule has 0 radical (unpaired) electrons. The highest BCUT2D eigenvalue weighted by Gasteiger charge is 2.13. The van der Waals surface area contributed by atoms with Gasteiger partial charge in [-0.05, 0) is 36.8 Å². The Hall–Kier alpha value is -3.63. The van der Waals surface area contributed by atoms with E-state index < -0.39 is 9.84 Å². The lowest BCUT2D eigenvalue weighted by Gasteiger charge is -2.16. The summed E-state index contributed by atoms with van der Waals surface area (Å²) in [6, 6.07) is 14.2. The first kappa shape index (κ1) is 25.0. The van der Waals surface area contributed by atoms with Crippen molar-refractivity contribution >= 4 is 39.8 Å². The summed E-state index contributed by atoms with van der Waals surface area (Å²) in [6.45, 7) is 1.92. The molecule has 2 heterocycles. The molecule has 0 spiro atoms. The molecule has 0 aliphatic carbocycles. The van der Waals surface area contributed by atoms with Crippen LogP contribution in [0.15, 0.2) is 78.1 Å². The number of benzene rings is 2. The Labute approximate surface area is 203 Å². The summed E-state index contributed by atoms with van der Waals surface area (Å²) in [6.07, 6.45) is 5.85. The van der Waals surface area contributed by atoms with Gasteiger partial charge >= 0.3 is 0 Å². The van der Waals surface area contributed by atoms with E-state index >= 15 is 0 Å². The van der Waals surface area contributed by atoms with Gasteiger partial charge in [0, 0.05) is 30.3 Å². The predicted molar refractivity (Wildman–Crippen MR) is 132 cm³/mol. The number of hydrogen-bond donors (Lipinski definition) is 2. The molecular weight excluding hydrogens is 479 g/mol. The molecule has 2 aromatic heterocycles. The summed E-state index contributed by atoms with van der Waals surface area (Å²) in [7, 11) is -3.31. The quantitative estimate of drug-likeness (QED) is 0.372. The Morgan fingerprint density at radius 2 is 1.65 bits per heavy atom. The second kappa shape index (κ2) is 10.5. The van der Waals surface area contributed by atoms with Crippen LogP contribution in [0.5, 0.6) is 0 Å². The molecule has 2 N–H and O–H groups in total. The number of rotatable bonds is 7. The Bertz CT molecular complexity index is 1350. The summed E-state index contributed by atoms with van der Waals surface area (Å²) in [4.78, 5) is 17.6. The van der Waals surface area contributed by atoms with Gasteiger partial charge in [0.2, 0.25) is 5.95 Å². The molecule has 34 heavy (non-hydrogen) atoms. The van der Waals surface area contributed by atoms with Crippen LogP contribution in [-0.2, 0) is 9.84 Å². The summed E-state index contributed by atoms with van der Waals surface area (Å²) < 4.78 is 36.9. The SMILES string of the molecule is CC(Nc1nc(Nc2cnccn2)cc(-c2ccc(S(C)(=O)=O)cc2)n1)c1ccc(F)cc1.Cl. The van der Waals surface area contributed by atoms with E-state index in [9.17, 15) is 12.8 Å². The van der Waals surface area contributed by atoms with Crippen LogP contribution in [-0.4, -0.2) is 34.6 Å². The third kappa shape index (κ3) is 6.24. The van der Waals surface area contributed by atoms with E-state index in [-0.39, 0.29) is 29.2 Å². The van der Waals surface area contributed by atoms with Crippen molar-refractivity contribution in [3.63, 3.8) is 0 Å². The zero-order chi connectivity index (χ0) is 23.4. The van der Waals surface area contributed by atoms with Gasteiger partial charge in [0.15, 0.2) is 9.84 Å². The maximum absolute atomic E-state index is 13.3. The van der Waals surface area contributed by atoms with Crippen LogP contribution in [0.3, 0.4) is 0 Å². The first-order valence-electron chi connectivity index (χ1n) is 10.0. The maximum atomic E-state index is 13.3. The van der Waals surface area contributed by atoms with E-state index in [0.717, 1.165) is 11.8 Å². The number of halogens is 2. The van der Waals surface area contributed by atoms with Gasteiger partial charge in [-0.25, -0.2) is 22.8 Å². The minimum Gasteiger partial charge on any atom is -0.348 e. The topological polar surface area (TPSA) is 110 Å². The largest absolute Gasteiger partial charge is 0.348 e. The van der Waals surface area contributed by atoms with Gasteiger partial charge in [-0.2, -0.15) is 4.98 Å². The minimum atomic E-state index is -3.31. The van der Waals surface area contributed by atoms with Crippen molar-refractivity contribution in [2.45, 2.75) is 17.9 Å². The summed E-state index contributed by atoms with van der Waals surface area (Å²) >= 11 is 0. The molecule has 4 rings (SSSR count). The standard InChI is InChI=1S/C23H21FN6O2S.ClH/c1-15(16-3-7-18(24)8-4-16)27-23-28-20(17-5-9-19(10-6-17)33(2,31)32)13-21(30-23)29-22-14-25-11-12-26-22;/h3-15H,1-2H3,(H2,26,27,28,29,30);1H. The summed E-state index contributed by atoms with van der Waals surface area (Å²) in [5.74, 6) is 1.01. The van der Waals surface area contributed by atoms with Gasteiger partial charge in [0.05, 0.1) is 22.8 Å². The van der Waals surface area contributed by atoms with Crippen molar-refractivity contribution in [1.82, 2.24) is 19.9 Å². The molecule has 1 unspecified atom stereocenters. The second-order valence-corrected chi connectivity index (χ2v) is 9.41. The monoisotopic (exact) mass is 500 g/mol. The molecule has 0 bridgehead atoms. The molecule has 11 heteroatoms. The number of sulfone groups is 1. The van der Waals surface area contributed by atoms with E-state index in [0.29, 0.717) is 28.8 Å². The van der Waals surface area contributed by atoms with Gasteiger partial charge in [0.25, 0.3) is 0 Å². The molecule has 8 nitrogen and oxygen atoms in total. The van der Waals surface area contributed by atoms with Gasteiger partial charge in [0.1, 0.15) is 17.5 Å². The zero-order valence-electron chi connectivity index (χ0n) is 18.3. The van der Waals surface area contributed by atoms with Gasteiger partial charge < -0.3 is 10.6 Å². The third-order valence-corrected chi connectivity index (χ3v) is 5.97. The second-order valence-electron chi connectivity index (χ2n) is 7.39. The van der Waals surface area contributed by atoms with Crippen LogP contribution in [0.25, 0.3) is 11.3 Å². The average Bonchev–Trinajstić information content (AvgIpc) is 2.79. The molecule has 0 amide bonds. The lowest BCUT2D eigenvalue weighted by molar-refractivity contribution is 0.602. The van der Waals surface area contributed by atoms with Crippen LogP contribution in [0.2, 0.25) is 0 Å². The van der Waals surface area contributed by atoms with Crippen molar-refractivity contribution in [3.05, 3.63) is 84.6 Å². The van der Waals surface area contributed by atoms with Crippen molar-refractivity contribution in [1.29, 1.82) is 0 Å². The number of aromatic nitrogens is 4. The molecule has 0 saturated carbocycles. The summed E-state index contributed by atoms with van der Waals surface area (Å²) in [5.41, 5.74) is 2.15. The van der Waals surface area contributed by atoms with Crippen molar-refractivity contribution in [3.8, 4) is 11.3 Å². The lowest BCUT2D eigenvalue weighted by atomic mass is 10.1. The van der Waals surface area contributed by atoms with E-state index in [2.05, 4.69) is 30.6 Å². The third-order valence-electron chi connectivity index (χ3n) is 4.84. The first-order valence-corrected chi connectivity index (χ1v) is 11.9. The molecule has 0 fully saturated rings. The molecule has 0 saturated heterocycles. The Morgan fingerprint density at radius 1 is 0.941 bits per heavy atom. The fourth-order valence-corrected chi connectivity index (χ4v) is 3.75. The number of nitrogens with zero attached hydrogens (tertiary/aromatic N) is 4. The van der Waals surface area contributed by atoms with Crippen molar-refractivity contribution < 1.29 is 12.8 Å². The fourth-order valence-electron chi connectivity index (χ4n) is 3.12. The maximum Gasteiger partial charge on any atom is 0.225 e. The predicted octanol–water partition coefficient (Wildman–Crippen LogP) is 4.81. The fraction of sp³-hybridized carbons (Fsp3) is 0.130. The minimum absolute atomic E-state index is 0. The molecule has 4 aromatic rings. The smallest absolute Gasteiger partial charge is 0.225 e. The zero-order valence-corrected chi connectivity index (χ0v) is 19.9. The van der Waals surface area contributed by atoms with E-state index in [1.807, 2.05) is 6.92 Å². The van der Waals surface area contributed by atoms with E-state index in [1.165, 1.54) is 24.3 Å². The van der Waals surface area contributed by atoms with Gasteiger partial charge in [-0.3, -0.25) is 4.98 Å². The number of nitrogens with one attached hydrogen (secondary N) is 2. The Morgan fingerprint density at radius 3 is 2.26 bits per heavy atom. The normalized spacial score (nSPS) is 11.9. The molecule has 176 valence electrons. The molecule has 1 atom stereocenters.